The minimum absolute atomic E-state index is 0.262. The van der Waals surface area contributed by atoms with E-state index in [1.807, 2.05) is 19.4 Å². The van der Waals surface area contributed by atoms with Gasteiger partial charge < -0.3 is 4.57 Å². The van der Waals surface area contributed by atoms with Crippen LogP contribution in [0.2, 0.25) is 0 Å². The molecule has 0 saturated carbocycles. The lowest BCUT2D eigenvalue weighted by Gasteiger charge is -2.40. The first-order valence-corrected chi connectivity index (χ1v) is 6.61. The van der Waals surface area contributed by atoms with Crippen LogP contribution in [0.15, 0.2) is 12.4 Å². The molecule has 0 spiro atoms. The highest BCUT2D eigenvalue weighted by molar-refractivity contribution is 4.97. The van der Waals surface area contributed by atoms with Crippen molar-refractivity contribution in [1.29, 1.82) is 0 Å². The van der Waals surface area contributed by atoms with Gasteiger partial charge in [0.05, 0.1) is 6.04 Å². The zero-order chi connectivity index (χ0) is 12.4. The first kappa shape index (κ1) is 12.6. The Hall–Kier alpha value is -0.870. The van der Waals surface area contributed by atoms with Crippen LogP contribution in [0.1, 0.15) is 51.9 Å². The monoisotopic (exact) mass is 236 g/mol. The molecule has 1 aliphatic rings. The first-order chi connectivity index (χ1) is 8.09. The van der Waals surface area contributed by atoms with E-state index in [0.717, 1.165) is 5.82 Å². The molecule has 1 aliphatic heterocycles. The number of aryl methyl sites for hydroxylation is 1. The van der Waals surface area contributed by atoms with Gasteiger partial charge in [-0.05, 0) is 33.6 Å². The van der Waals surface area contributed by atoms with Crippen LogP contribution < -0.4 is 5.43 Å². The molecule has 0 aliphatic carbocycles. The standard InChI is InChI=1S/C13H24N4/c1-10-6-5-7-11(2)17(10)15-12(3)13-14-8-9-16(13)4/h8-12,15H,5-7H2,1-4H3. The molecule has 17 heavy (non-hydrogen) atoms. The average molecular weight is 236 g/mol. The van der Waals surface area contributed by atoms with E-state index >= 15 is 0 Å². The minimum atomic E-state index is 0.262. The summed E-state index contributed by atoms with van der Waals surface area (Å²) in [4.78, 5) is 4.41. The van der Waals surface area contributed by atoms with Crippen LogP contribution >= 0.6 is 0 Å². The maximum atomic E-state index is 4.41. The second-order valence-corrected chi connectivity index (χ2v) is 5.28. The van der Waals surface area contributed by atoms with Gasteiger partial charge in [-0.2, -0.15) is 0 Å². The third kappa shape index (κ3) is 2.69. The average Bonchev–Trinajstić information content (AvgIpc) is 2.70. The Morgan fingerprint density at radius 3 is 2.53 bits per heavy atom. The predicted octanol–water partition coefficient (Wildman–Crippen LogP) is 2.25. The van der Waals surface area contributed by atoms with E-state index in [1.54, 1.807) is 0 Å². The minimum Gasteiger partial charge on any atom is -0.337 e. The molecule has 2 heterocycles. The summed E-state index contributed by atoms with van der Waals surface area (Å²) in [5, 5.41) is 2.41. The number of piperidine rings is 1. The smallest absolute Gasteiger partial charge is 0.126 e. The van der Waals surface area contributed by atoms with Gasteiger partial charge in [0.2, 0.25) is 0 Å². The van der Waals surface area contributed by atoms with Crippen molar-refractivity contribution in [2.24, 2.45) is 7.05 Å². The third-order valence-corrected chi connectivity index (χ3v) is 3.78. The molecule has 0 bridgehead atoms. The molecule has 0 amide bonds. The largest absolute Gasteiger partial charge is 0.337 e. The molecule has 0 aromatic carbocycles. The molecule has 3 unspecified atom stereocenters. The topological polar surface area (TPSA) is 33.1 Å². The summed E-state index contributed by atoms with van der Waals surface area (Å²) >= 11 is 0. The predicted molar refractivity (Wildman–Crippen MR) is 69.4 cm³/mol. The molecule has 1 aromatic rings. The van der Waals surface area contributed by atoms with Crippen LogP contribution in [-0.2, 0) is 7.05 Å². The van der Waals surface area contributed by atoms with Gasteiger partial charge in [0.1, 0.15) is 5.82 Å². The van der Waals surface area contributed by atoms with Gasteiger partial charge in [0.25, 0.3) is 0 Å². The zero-order valence-corrected chi connectivity index (χ0v) is 11.3. The Bertz CT molecular complexity index is 350. The number of hydrogen-bond acceptors (Lipinski definition) is 3. The molecule has 1 fully saturated rings. The Morgan fingerprint density at radius 2 is 2.00 bits per heavy atom. The summed E-state index contributed by atoms with van der Waals surface area (Å²) in [5.41, 5.74) is 3.61. The first-order valence-electron chi connectivity index (χ1n) is 6.61. The molecule has 0 radical (unpaired) electrons. The molecule has 3 atom stereocenters. The van der Waals surface area contributed by atoms with Crippen molar-refractivity contribution in [2.75, 3.05) is 0 Å². The Labute approximate surface area is 104 Å². The number of nitrogens with one attached hydrogen (secondary N) is 1. The van der Waals surface area contributed by atoms with Crippen molar-refractivity contribution >= 4 is 0 Å². The fraction of sp³-hybridized carbons (Fsp3) is 0.769. The highest BCUT2D eigenvalue weighted by Gasteiger charge is 2.26. The van der Waals surface area contributed by atoms with E-state index < -0.39 is 0 Å². The molecule has 4 heteroatoms. The zero-order valence-electron chi connectivity index (χ0n) is 11.3. The van der Waals surface area contributed by atoms with Gasteiger partial charge in [-0.25, -0.2) is 15.4 Å². The lowest BCUT2D eigenvalue weighted by molar-refractivity contribution is 0.0303. The van der Waals surface area contributed by atoms with Crippen molar-refractivity contribution in [3.05, 3.63) is 18.2 Å². The van der Waals surface area contributed by atoms with Crippen molar-refractivity contribution in [2.45, 2.75) is 58.2 Å². The lowest BCUT2D eigenvalue weighted by Crippen LogP contribution is -2.52. The van der Waals surface area contributed by atoms with Gasteiger partial charge in [-0.3, -0.25) is 0 Å². The molecule has 4 nitrogen and oxygen atoms in total. The Morgan fingerprint density at radius 1 is 1.35 bits per heavy atom. The van der Waals surface area contributed by atoms with Crippen molar-refractivity contribution < 1.29 is 0 Å². The van der Waals surface area contributed by atoms with E-state index in [4.69, 9.17) is 0 Å². The molecule has 2 rings (SSSR count). The number of rotatable bonds is 3. The third-order valence-electron chi connectivity index (χ3n) is 3.78. The maximum absolute atomic E-state index is 4.41. The summed E-state index contributed by atoms with van der Waals surface area (Å²) in [6.45, 7) is 6.78. The van der Waals surface area contributed by atoms with Crippen LogP contribution in [0, 0.1) is 0 Å². The molecule has 1 aromatic heterocycles. The van der Waals surface area contributed by atoms with Gasteiger partial charge in [0, 0.05) is 31.5 Å². The van der Waals surface area contributed by atoms with Gasteiger partial charge in [-0.1, -0.05) is 6.42 Å². The normalized spacial score (nSPS) is 28.2. The van der Waals surface area contributed by atoms with Crippen molar-refractivity contribution in [3.63, 3.8) is 0 Å². The van der Waals surface area contributed by atoms with Crippen LogP contribution in [0.4, 0.5) is 0 Å². The van der Waals surface area contributed by atoms with E-state index in [0.29, 0.717) is 12.1 Å². The summed E-state index contributed by atoms with van der Waals surface area (Å²) in [6, 6.07) is 1.49. The summed E-state index contributed by atoms with van der Waals surface area (Å²) < 4.78 is 2.08. The molecule has 1 N–H and O–H groups in total. The van der Waals surface area contributed by atoms with E-state index in [-0.39, 0.29) is 6.04 Å². The number of aromatic nitrogens is 2. The van der Waals surface area contributed by atoms with Crippen molar-refractivity contribution in [3.8, 4) is 0 Å². The maximum Gasteiger partial charge on any atom is 0.126 e. The second kappa shape index (κ2) is 5.19. The SMILES string of the molecule is CC(NN1C(C)CCCC1C)c1nccn1C. The van der Waals surface area contributed by atoms with E-state index in [1.165, 1.54) is 19.3 Å². The summed E-state index contributed by atoms with van der Waals surface area (Å²) in [7, 11) is 2.05. The van der Waals surface area contributed by atoms with Crippen LogP contribution in [-0.4, -0.2) is 26.6 Å². The number of hydrogen-bond donors (Lipinski definition) is 1. The Balaban J connectivity index is 2.02. The fourth-order valence-electron chi connectivity index (χ4n) is 2.75. The fourth-order valence-corrected chi connectivity index (χ4v) is 2.75. The highest BCUT2D eigenvalue weighted by atomic mass is 15.5. The second-order valence-electron chi connectivity index (χ2n) is 5.28. The van der Waals surface area contributed by atoms with Crippen LogP contribution in [0.25, 0.3) is 0 Å². The quantitative estimate of drug-likeness (QED) is 0.874. The molecular formula is C13H24N4. The summed E-state index contributed by atoms with van der Waals surface area (Å²) in [6.07, 6.45) is 7.76. The lowest BCUT2D eigenvalue weighted by atomic mass is 10.00. The van der Waals surface area contributed by atoms with Crippen LogP contribution in [0.5, 0.6) is 0 Å². The van der Waals surface area contributed by atoms with Crippen molar-refractivity contribution in [1.82, 2.24) is 20.0 Å². The van der Waals surface area contributed by atoms with E-state index in [9.17, 15) is 0 Å². The number of nitrogens with zero attached hydrogens (tertiary/aromatic N) is 3. The number of hydrazine groups is 1. The molecule has 1 saturated heterocycles. The van der Waals surface area contributed by atoms with Crippen LogP contribution in [0.3, 0.4) is 0 Å². The molecular weight excluding hydrogens is 212 g/mol. The summed E-state index contributed by atoms with van der Waals surface area (Å²) in [5.74, 6) is 1.09. The van der Waals surface area contributed by atoms with E-state index in [2.05, 4.69) is 40.8 Å². The van der Waals surface area contributed by atoms with Gasteiger partial charge in [-0.15, -0.1) is 0 Å². The highest BCUT2D eigenvalue weighted by Crippen LogP contribution is 2.22. The van der Waals surface area contributed by atoms with Gasteiger partial charge >= 0.3 is 0 Å². The Kier molecular flexibility index (Phi) is 3.84. The molecule has 96 valence electrons. The van der Waals surface area contributed by atoms with Gasteiger partial charge in [0.15, 0.2) is 0 Å². The number of imidazole rings is 1.